The molecule has 1 atom stereocenters. The molecule has 1 unspecified atom stereocenters. The van der Waals surface area contributed by atoms with Gasteiger partial charge in [-0.05, 0) is 19.4 Å². The van der Waals surface area contributed by atoms with Gasteiger partial charge in [-0.1, -0.05) is 0 Å². The minimum absolute atomic E-state index is 0. The number of carbonyl (C=O) groups excluding carboxylic acids is 1. The first-order valence-corrected chi connectivity index (χ1v) is 3.66. The molecule has 1 N–H and O–H groups in total. The molecule has 0 bridgehead atoms. The van der Waals surface area contributed by atoms with Gasteiger partial charge in [-0.3, -0.25) is 4.79 Å². The van der Waals surface area contributed by atoms with Crippen LogP contribution >= 0.6 is 0 Å². The van der Waals surface area contributed by atoms with E-state index in [0.29, 0.717) is 0 Å². The van der Waals surface area contributed by atoms with Gasteiger partial charge in [0, 0.05) is 14.1 Å². The first-order valence-electron chi connectivity index (χ1n) is 3.66. The number of amides is 1. The third kappa shape index (κ3) is 3.52. The molecular weight excluding hydrogens is 167 g/mol. The quantitative estimate of drug-likeness (QED) is 0.537. The molecule has 0 aliphatic carbocycles. The molecule has 1 rings (SSSR count). The fraction of sp³-hybridized carbons (Fsp3) is 0.857. The summed E-state index contributed by atoms with van der Waals surface area (Å²) in [6.07, 6.45) is 2.13. The van der Waals surface area contributed by atoms with Crippen LogP contribution in [0.2, 0.25) is 0 Å². The van der Waals surface area contributed by atoms with Gasteiger partial charge in [-0.2, -0.15) is 0 Å². The van der Waals surface area contributed by atoms with Crippen molar-refractivity contribution in [2.24, 2.45) is 0 Å². The Bertz CT molecular complexity index is 132. The zero-order chi connectivity index (χ0) is 7.56. The van der Waals surface area contributed by atoms with Gasteiger partial charge in [0.1, 0.15) is 0 Å². The molecule has 1 fully saturated rings. The van der Waals surface area contributed by atoms with Crippen molar-refractivity contribution in [1.82, 2.24) is 10.2 Å². The van der Waals surface area contributed by atoms with Crippen LogP contribution in [-0.2, 0) is 4.79 Å². The number of rotatable bonds is 1. The monoisotopic (exact) mass is 182 g/mol. The van der Waals surface area contributed by atoms with Crippen LogP contribution in [0.5, 0.6) is 0 Å². The number of nitrogens with zero attached hydrogens (tertiary/aromatic N) is 1. The summed E-state index contributed by atoms with van der Waals surface area (Å²) in [4.78, 5) is 12.9. The van der Waals surface area contributed by atoms with Crippen LogP contribution in [0.1, 0.15) is 12.8 Å². The zero-order valence-corrected chi connectivity index (χ0v) is 6.55. The van der Waals surface area contributed by atoms with Crippen molar-refractivity contribution >= 4 is 57.3 Å². The van der Waals surface area contributed by atoms with Crippen LogP contribution in [0.4, 0.5) is 0 Å². The van der Waals surface area contributed by atoms with Gasteiger partial charge >= 0.3 is 51.4 Å². The molecule has 0 saturated carbocycles. The van der Waals surface area contributed by atoms with Crippen molar-refractivity contribution in [2.45, 2.75) is 18.9 Å². The second kappa shape index (κ2) is 5.67. The third-order valence-electron chi connectivity index (χ3n) is 1.80. The number of likely N-dealkylation sites (N-methyl/N-ethyl adjacent to an activating group) is 1. The summed E-state index contributed by atoms with van der Waals surface area (Å²) < 4.78 is 0. The third-order valence-corrected chi connectivity index (χ3v) is 1.80. The van der Waals surface area contributed by atoms with E-state index in [0.717, 1.165) is 19.4 Å². The van der Waals surface area contributed by atoms with Gasteiger partial charge in [0.15, 0.2) is 0 Å². The molecule has 4 heteroatoms. The Morgan fingerprint density at radius 2 is 2.18 bits per heavy atom. The molecule has 11 heavy (non-hydrogen) atoms. The molecule has 1 aliphatic rings. The maximum atomic E-state index is 11.2. The summed E-state index contributed by atoms with van der Waals surface area (Å²) in [6, 6.07) is 0.0926. The molecular formula is C7H15KN2O. The van der Waals surface area contributed by atoms with E-state index in [-0.39, 0.29) is 63.3 Å². The molecule has 0 aromatic rings. The van der Waals surface area contributed by atoms with Crippen LogP contribution < -0.4 is 5.32 Å². The van der Waals surface area contributed by atoms with Gasteiger partial charge in [-0.15, -0.1) is 0 Å². The predicted octanol–water partition coefficient (Wildman–Crippen LogP) is -0.822. The van der Waals surface area contributed by atoms with Gasteiger partial charge in [0.05, 0.1) is 6.04 Å². The fourth-order valence-electron chi connectivity index (χ4n) is 1.21. The van der Waals surface area contributed by atoms with Gasteiger partial charge < -0.3 is 10.2 Å². The fourth-order valence-corrected chi connectivity index (χ4v) is 1.21. The van der Waals surface area contributed by atoms with Crippen LogP contribution in [0.15, 0.2) is 0 Å². The van der Waals surface area contributed by atoms with Crippen LogP contribution in [0.25, 0.3) is 0 Å². The molecule has 1 amide bonds. The number of hydrogen-bond acceptors (Lipinski definition) is 2. The van der Waals surface area contributed by atoms with Crippen LogP contribution in [-0.4, -0.2) is 88.9 Å². The number of hydrogen-bond donors (Lipinski definition) is 1. The van der Waals surface area contributed by atoms with E-state index in [1.54, 1.807) is 19.0 Å². The van der Waals surface area contributed by atoms with E-state index in [1.165, 1.54) is 0 Å². The molecule has 0 spiro atoms. The molecule has 1 aliphatic heterocycles. The van der Waals surface area contributed by atoms with E-state index in [1.807, 2.05) is 0 Å². The first kappa shape index (κ1) is 12.1. The average molecular weight is 182 g/mol. The molecule has 0 aromatic carbocycles. The van der Waals surface area contributed by atoms with E-state index >= 15 is 0 Å². The molecule has 3 nitrogen and oxygen atoms in total. The van der Waals surface area contributed by atoms with Gasteiger partial charge in [-0.25, -0.2) is 0 Å². The van der Waals surface area contributed by atoms with Crippen LogP contribution in [0.3, 0.4) is 0 Å². The van der Waals surface area contributed by atoms with Crippen molar-refractivity contribution in [1.29, 1.82) is 0 Å². The summed E-state index contributed by atoms with van der Waals surface area (Å²) in [5, 5.41) is 3.15. The Labute approximate surface area is 110 Å². The number of nitrogens with one attached hydrogen (secondary N) is 1. The Morgan fingerprint density at radius 3 is 2.55 bits per heavy atom. The van der Waals surface area contributed by atoms with E-state index in [9.17, 15) is 4.79 Å². The second-order valence-electron chi connectivity index (χ2n) is 2.88. The van der Waals surface area contributed by atoms with Crippen molar-refractivity contribution in [3.8, 4) is 0 Å². The Balaban J connectivity index is 0.000001000. The minimum atomic E-state index is 0. The summed E-state index contributed by atoms with van der Waals surface area (Å²) in [7, 11) is 3.59. The molecule has 0 aromatic heterocycles. The molecule has 0 radical (unpaired) electrons. The maximum absolute atomic E-state index is 11.2. The Kier molecular flexibility index (Phi) is 6.22. The van der Waals surface area contributed by atoms with Crippen LogP contribution in [0, 0.1) is 0 Å². The predicted molar refractivity (Wildman–Crippen MR) is 46.9 cm³/mol. The van der Waals surface area contributed by atoms with Gasteiger partial charge in [0.2, 0.25) is 5.91 Å². The Hall–Kier alpha value is 1.07. The van der Waals surface area contributed by atoms with Crippen molar-refractivity contribution in [2.75, 3.05) is 20.6 Å². The summed E-state index contributed by atoms with van der Waals surface area (Å²) in [6.45, 7) is 0.990. The Morgan fingerprint density at radius 1 is 1.55 bits per heavy atom. The van der Waals surface area contributed by atoms with Crippen molar-refractivity contribution in [3.63, 3.8) is 0 Å². The summed E-state index contributed by atoms with van der Waals surface area (Å²) in [5.74, 6) is 0.206. The molecule has 60 valence electrons. The van der Waals surface area contributed by atoms with E-state index in [2.05, 4.69) is 5.32 Å². The van der Waals surface area contributed by atoms with Crippen molar-refractivity contribution in [3.05, 3.63) is 0 Å². The van der Waals surface area contributed by atoms with E-state index in [4.69, 9.17) is 0 Å². The van der Waals surface area contributed by atoms with Gasteiger partial charge in [0.25, 0.3) is 0 Å². The normalized spacial score (nSPS) is 22.5. The number of carbonyl (C=O) groups is 1. The molecule has 1 saturated heterocycles. The van der Waals surface area contributed by atoms with Crippen molar-refractivity contribution < 1.29 is 4.79 Å². The second-order valence-corrected chi connectivity index (χ2v) is 2.88. The standard InChI is InChI=1S/C7H14N2O.K.H/c1-9(2)7(10)6-4-3-5-8-6;;/h6,8H,3-5H2,1-2H3;;. The molecule has 1 heterocycles. The zero-order valence-electron chi connectivity index (χ0n) is 6.55. The summed E-state index contributed by atoms with van der Waals surface area (Å²) >= 11 is 0. The van der Waals surface area contributed by atoms with E-state index < -0.39 is 0 Å². The average Bonchev–Trinajstić information content (AvgIpc) is 2.36. The summed E-state index contributed by atoms with van der Waals surface area (Å²) in [5.41, 5.74) is 0. The SMILES string of the molecule is CN(C)C(=O)C1CCCN1.[KH]. The topological polar surface area (TPSA) is 32.3 Å². The first-order chi connectivity index (χ1) is 4.72.